The zero-order chi connectivity index (χ0) is 20.4. The lowest BCUT2D eigenvalue weighted by Gasteiger charge is -2.17. The second-order valence-corrected chi connectivity index (χ2v) is 6.82. The highest BCUT2D eigenvalue weighted by Gasteiger charge is 2.16. The van der Waals surface area contributed by atoms with Gasteiger partial charge >= 0.3 is 6.03 Å². The number of hydrogen-bond donors (Lipinski definition) is 2. The highest BCUT2D eigenvalue weighted by Crippen LogP contribution is 2.30. The summed E-state index contributed by atoms with van der Waals surface area (Å²) in [4.78, 5) is 23.5. The Kier molecular flexibility index (Phi) is 4.83. The van der Waals surface area contributed by atoms with Gasteiger partial charge in [0.25, 0.3) is 5.69 Å². The fourth-order valence-electron chi connectivity index (χ4n) is 3.62. The van der Waals surface area contributed by atoms with E-state index in [4.69, 9.17) is 0 Å². The van der Waals surface area contributed by atoms with E-state index in [1.807, 2.05) is 49.4 Å². The number of nitrogens with zero attached hydrogens (tertiary/aromatic N) is 1. The Hall–Kier alpha value is -3.93. The third kappa shape index (κ3) is 3.60. The van der Waals surface area contributed by atoms with Gasteiger partial charge < -0.3 is 10.6 Å². The van der Waals surface area contributed by atoms with Gasteiger partial charge in [-0.3, -0.25) is 10.1 Å². The lowest BCUT2D eigenvalue weighted by atomic mass is 10.00. The molecule has 0 aliphatic carbocycles. The van der Waals surface area contributed by atoms with Gasteiger partial charge in [0.2, 0.25) is 0 Å². The minimum absolute atomic E-state index is 0.00989. The molecule has 4 aromatic carbocycles. The number of nitro groups is 1. The van der Waals surface area contributed by atoms with Crippen LogP contribution >= 0.6 is 0 Å². The monoisotopic (exact) mass is 385 g/mol. The molecular formula is C23H19N3O3. The van der Waals surface area contributed by atoms with Crippen LogP contribution in [0, 0.1) is 10.1 Å². The average Bonchev–Trinajstić information content (AvgIpc) is 2.73. The van der Waals surface area contributed by atoms with E-state index in [2.05, 4.69) is 10.6 Å². The normalized spacial score (nSPS) is 11.9. The summed E-state index contributed by atoms with van der Waals surface area (Å²) >= 11 is 0. The van der Waals surface area contributed by atoms with Crippen LogP contribution in [0.1, 0.15) is 18.5 Å². The highest BCUT2D eigenvalue weighted by atomic mass is 16.6. The number of nitrogens with one attached hydrogen (secondary N) is 2. The van der Waals surface area contributed by atoms with Crippen LogP contribution in [0.4, 0.5) is 16.2 Å². The molecule has 0 spiro atoms. The molecule has 0 aromatic heterocycles. The van der Waals surface area contributed by atoms with Crippen LogP contribution in [-0.4, -0.2) is 11.0 Å². The number of rotatable bonds is 4. The number of nitro benzene ring substituents is 1. The number of urea groups is 1. The van der Waals surface area contributed by atoms with E-state index in [9.17, 15) is 14.9 Å². The fraction of sp³-hybridized carbons (Fsp3) is 0.0870. The zero-order valence-electron chi connectivity index (χ0n) is 15.8. The highest BCUT2D eigenvalue weighted by molar-refractivity contribution is 6.04. The number of benzene rings is 4. The standard InChI is InChI=1S/C23H19N3O3/c1-15(17-10-4-8-16-7-2-3-9-18(16)17)24-23(27)25-21-13-5-12-20-19(21)11-6-14-22(20)26(28)29/h2-15H,1H3,(H2,24,25,27). The van der Waals surface area contributed by atoms with E-state index in [-0.39, 0.29) is 17.8 Å². The summed E-state index contributed by atoms with van der Waals surface area (Å²) in [5.41, 5.74) is 1.55. The van der Waals surface area contributed by atoms with E-state index in [1.165, 1.54) is 6.07 Å². The van der Waals surface area contributed by atoms with E-state index in [1.54, 1.807) is 30.3 Å². The van der Waals surface area contributed by atoms with Crippen molar-refractivity contribution >= 4 is 39.0 Å². The Bertz CT molecular complexity index is 1230. The topological polar surface area (TPSA) is 84.3 Å². The smallest absolute Gasteiger partial charge is 0.319 e. The van der Waals surface area contributed by atoms with Crippen molar-refractivity contribution in [2.24, 2.45) is 0 Å². The van der Waals surface area contributed by atoms with Crippen LogP contribution in [0.3, 0.4) is 0 Å². The molecule has 0 aliphatic rings. The molecule has 1 atom stereocenters. The van der Waals surface area contributed by atoms with Crippen LogP contribution in [0.2, 0.25) is 0 Å². The Balaban J connectivity index is 1.59. The van der Waals surface area contributed by atoms with Crippen molar-refractivity contribution in [1.29, 1.82) is 0 Å². The van der Waals surface area contributed by atoms with Gasteiger partial charge in [0, 0.05) is 11.5 Å². The van der Waals surface area contributed by atoms with Crippen molar-refractivity contribution in [2.45, 2.75) is 13.0 Å². The van der Waals surface area contributed by atoms with Crippen molar-refractivity contribution in [1.82, 2.24) is 5.32 Å². The summed E-state index contributed by atoms with van der Waals surface area (Å²) in [5, 5.41) is 20.3. The number of non-ortho nitro benzene ring substituents is 1. The predicted octanol–water partition coefficient (Wildman–Crippen LogP) is 5.78. The van der Waals surface area contributed by atoms with Gasteiger partial charge in [0.15, 0.2) is 0 Å². The first-order valence-electron chi connectivity index (χ1n) is 9.26. The van der Waals surface area contributed by atoms with Crippen LogP contribution < -0.4 is 10.6 Å². The fourth-order valence-corrected chi connectivity index (χ4v) is 3.62. The third-order valence-corrected chi connectivity index (χ3v) is 4.98. The summed E-state index contributed by atoms with van der Waals surface area (Å²) in [6.07, 6.45) is 0. The molecule has 0 bridgehead atoms. The number of anilines is 1. The number of carbonyl (C=O) groups is 1. The first kappa shape index (κ1) is 18.4. The maximum Gasteiger partial charge on any atom is 0.319 e. The molecule has 0 saturated heterocycles. The molecule has 0 aliphatic heterocycles. The number of amides is 2. The van der Waals surface area contributed by atoms with Gasteiger partial charge in [-0.15, -0.1) is 0 Å². The average molecular weight is 385 g/mol. The van der Waals surface area contributed by atoms with Gasteiger partial charge in [0.05, 0.1) is 22.0 Å². The lowest BCUT2D eigenvalue weighted by Crippen LogP contribution is -2.31. The van der Waals surface area contributed by atoms with E-state index < -0.39 is 4.92 Å². The summed E-state index contributed by atoms with van der Waals surface area (Å²) in [6, 6.07) is 23.4. The summed E-state index contributed by atoms with van der Waals surface area (Å²) < 4.78 is 0. The third-order valence-electron chi connectivity index (χ3n) is 4.98. The van der Waals surface area contributed by atoms with Gasteiger partial charge in [-0.2, -0.15) is 0 Å². The molecule has 6 heteroatoms. The van der Waals surface area contributed by atoms with Crippen molar-refractivity contribution in [3.63, 3.8) is 0 Å². The molecule has 0 saturated carbocycles. The minimum atomic E-state index is -0.422. The number of carbonyl (C=O) groups excluding carboxylic acids is 1. The molecule has 0 fully saturated rings. The quantitative estimate of drug-likeness (QED) is 0.345. The number of fused-ring (bicyclic) bond motifs is 2. The van der Waals surface area contributed by atoms with Crippen LogP contribution in [0.5, 0.6) is 0 Å². The van der Waals surface area contributed by atoms with Gasteiger partial charge in [0.1, 0.15) is 0 Å². The van der Waals surface area contributed by atoms with E-state index in [0.29, 0.717) is 16.5 Å². The Labute approximate surface area is 167 Å². The summed E-state index contributed by atoms with van der Waals surface area (Å²) in [6.45, 7) is 1.93. The molecular weight excluding hydrogens is 366 g/mol. The summed E-state index contributed by atoms with van der Waals surface area (Å²) in [7, 11) is 0. The second kappa shape index (κ2) is 7.59. The van der Waals surface area contributed by atoms with E-state index in [0.717, 1.165) is 16.3 Å². The van der Waals surface area contributed by atoms with Crippen LogP contribution in [0.15, 0.2) is 78.9 Å². The first-order valence-corrected chi connectivity index (χ1v) is 9.26. The van der Waals surface area contributed by atoms with Crippen molar-refractivity contribution in [3.8, 4) is 0 Å². The minimum Gasteiger partial charge on any atom is -0.331 e. The molecule has 6 nitrogen and oxygen atoms in total. The van der Waals surface area contributed by atoms with Crippen LogP contribution in [0.25, 0.3) is 21.5 Å². The molecule has 144 valence electrons. The van der Waals surface area contributed by atoms with Crippen molar-refractivity contribution in [2.75, 3.05) is 5.32 Å². The van der Waals surface area contributed by atoms with Gasteiger partial charge in [-0.05, 0) is 35.4 Å². The van der Waals surface area contributed by atoms with Gasteiger partial charge in [-0.1, -0.05) is 60.7 Å². The molecule has 2 N–H and O–H groups in total. The van der Waals surface area contributed by atoms with Crippen molar-refractivity contribution in [3.05, 3.63) is 94.5 Å². The number of hydrogen-bond acceptors (Lipinski definition) is 3. The Morgan fingerprint density at radius 1 is 0.862 bits per heavy atom. The largest absolute Gasteiger partial charge is 0.331 e. The SMILES string of the molecule is CC(NC(=O)Nc1cccc2c([N+](=O)[O-])cccc12)c1cccc2ccccc12. The molecule has 4 aromatic rings. The predicted molar refractivity (Wildman–Crippen MR) is 115 cm³/mol. The maximum atomic E-state index is 12.6. The second-order valence-electron chi connectivity index (χ2n) is 6.82. The van der Waals surface area contributed by atoms with Crippen LogP contribution in [-0.2, 0) is 0 Å². The molecule has 4 rings (SSSR count). The molecule has 0 heterocycles. The van der Waals surface area contributed by atoms with E-state index >= 15 is 0 Å². The molecule has 1 unspecified atom stereocenters. The zero-order valence-corrected chi connectivity index (χ0v) is 15.8. The first-order chi connectivity index (χ1) is 14.0. The molecule has 0 radical (unpaired) electrons. The van der Waals surface area contributed by atoms with Crippen molar-refractivity contribution < 1.29 is 9.72 Å². The lowest BCUT2D eigenvalue weighted by molar-refractivity contribution is -0.383. The Morgan fingerprint density at radius 3 is 2.34 bits per heavy atom. The summed E-state index contributed by atoms with van der Waals surface area (Å²) in [5.74, 6) is 0. The molecule has 29 heavy (non-hydrogen) atoms. The van der Waals surface area contributed by atoms with Gasteiger partial charge in [-0.25, -0.2) is 4.79 Å². The maximum absolute atomic E-state index is 12.6. The molecule has 2 amide bonds. The Morgan fingerprint density at radius 2 is 1.52 bits per heavy atom.